The predicted molar refractivity (Wildman–Crippen MR) is 77.3 cm³/mol. The van der Waals surface area contributed by atoms with E-state index in [9.17, 15) is 0 Å². The van der Waals surface area contributed by atoms with Crippen molar-refractivity contribution in [3.8, 4) is 0 Å². The van der Waals surface area contributed by atoms with Gasteiger partial charge in [-0.2, -0.15) is 11.8 Å². The molecule has 16 heavy (non-hydrogen) atoms. The quantitative estimate of drug-likeness (QED) is 0.724. The van der Waals surface area contributed by atoms with Gasteiger partial charge in [0.05, 0.1) is 4.34 Å². The van der Waals surface area contributed by atoms with Crippen molar-refractivity contribution in [2.24, 2.45) is 0 Å². The van der Waals surface area contributed by atoms with Gasteiger partial charge in [0.15, 0.2) is 0 Å². The second kappa shape index (κ2) is 10.7. The summed E-state index contributed by atoms with van der Waals surface area (Å²) in [6.07, 6.45) is 0.894. The summed E-state index contributed by atoms with van der Waals surface area (Å²) in [6.45, 7) is 2.21. The van der Waals surface area contributed by atoms with E-state index in [0.717, 1.165) is 35.4 Å². The number of rotatable bonds is 8. The topological polar surface area (TPSA) is 32.3 Å². The minimum Gasteiger partial charge on any atom is -0.396 e. The summed E-state index contributed by atoms with van der Waals surface area (Å²) in [5.41, 5.74) is 0. The minimum atomic E-state index is 0. The molecule has 0 aromatic carbocycles. The Morgan fingerprint density at radius 3 is 2.81 bits per heavy atom. The van der Waals surface area contributed by atoms with Crippen LogP contribution in [0.3, 0.4) is 0 Å². The molecule has 0 aliphatic carbocycles. The van der Waals surface area contributed by atoms with Gasteiger partial charge in [-0.3, -0.25) is 0 Å². The molecule has 0 saturated heterocycles. The van der Waals surface area contributed by atoms with Gasteiger partial charge in [-0.25, -0.2) is 0 Å². The Labute approximate surface area is 116 Å². The lowest BCUT2D eigenvalue weighted by Gasteiger charge is -2.02. The number of hydrogen-bond acceptors (Lipinski definition) is 4. The predicted octanol–water partition coefficient (Wildman–Crippen LogP) is 3.03. The molecule has 0 unspecified atom stereocenters. The summed E-state index contributed by atoms with van der Waals surface area (Å²) in [4.78, 5) is 1.28. The van der Waals surface area contributed by atoms with Crippen molar-refractivity contribution in [1.82, 2.24) is 5.32 Å². The molecule has 0 saturated carbocycles. The van der Waals surface area contributed by atoms with Crippen molar-refractivity contribution in [2.45, 2.75) is 13.0 Å². The van der Waals surface area contributed by atoms with E-state index in [1.165, 1.54) is 4.88 Å². The van der Waals surface area contributed by atoms with Gasteiger partial charge in [-0.15, -0.1) is 23.7 Å². The Kier molecular flexibility index (Phi) is 11.1. The molecule has 2 nitrogen and oxygen atoms in total. The number of halogens is 2. The fourth-order valence-electron chi connectivity index (χ4n) is 1.07. The van der Waals surface area contributed by atoms with Crippen LogP contribution in [0, 0.1) is 0 Å². The molecule has 0 spiro atoms. The normalized spacial score (nSPS) is 10.1. The molecule has 1 aromatic rings. The van der Waals surface area contributed by atoms with Crippen molar-refractivity contribution in [2.75, 3.05) is 24.7 Å². The van der Waals surface area contributed by atoms with Crippen LogP contribution < -0.4 is 5.32 Å². The van der Waals surface area contributed by atoms with E-state index >= 15 is 0 Å². The van der Waals surface area contributed by atoms with Gasteiger partial charge < -0.3 is 10.4 Å². The van der Waals surface area contributed by atoms with Crippen LogP contribution in [0.4, 0.5) is 0 Å². The average molecular weight is 302 g/mol. The molecular formula is C10H17Cl2NOS2. The first-order valence-corrected chi connectivity index (χ1v) is 7.31. The number of nitrogens with one attached hydrogen (secondary N) is 1. The Morgan fingerprint density at radius 2 is 2.19 bits per heavy atom. The van der Waals surface area contributed by atoms with E-state index in [1.807, 2.05) is 17.8 Å². The molecule has 6 heteroatoms. The molecule has 1 heterocycles. The second-order valence-electron chi connectivity index (χ2n) is 3.07. The minimum absolute atomic E-state index is 0. The van der Waals surface area contributed by atoms with Crippen molar-refractivity contribution in [3.05, 3.63) is 21.3 Å². The largest absolute Gasteiger partial charge is 0.396 e. The molecule has 0 bridgehead atoms. The van der Waals surface area contributed by atoms with Gasteiger partial charge in [-0.05, 0) is 24.3 Å². The van der Waals surface area contributed by atoms with E-state index in [0.29, 0.717) is 6.61 Å². The number of thiophene rings is 1. The highest BCUT2D eigenvalue weighted by Crippen LogP contribution is 2.20. The zero-order valence-corrected chi connectivity index (χ0v) is 12.2. The second-order valence-corrected chi connectivity index (χ2v) is 6.10. The maximum atomic E-state index is 8.58. The van der Waals surface area contributed by atoms with E-state index < -0.39 is 0 Å². The fourth-order valence-corrected chi connectivity index (χ4v) is 2.95. The number of thioether (sulfide) groups is 1. The monoisotopic (exact) mass is 301 g/mol. The van der Waals surface area contributed by atoms with E-state index in [2.05, 4.69) is 11.4 Å². The van der Waals surface area contributed by atoms with Gasteiger partial charge in [0, 0.05) is 30.3 Å². The van der Waals surface area contributed by atoms with Crippen molar-refractivity contribution in [3.63, 3.8) is 0 Å². The summed E-state index contributed by atoms with van der Waals surface area (Å²) in [5.74, 6) is 2.14. The third-order valence-electron chi connectivity index (χ3n) is 1.80. The Morgan fingerprint density at radius 1 is 1.38 bits per heavy atom. The average Bonchev–Trinajstić information content (AvgIpc) is 2.63. The Balaban J connectivity index is 0.00000225. The van der Waals surface area contributed by atoms with Crippen LogP contribution in [0.5, 0.6) is 0 Å². The fraction of sp³-hybridized carbons (Fsp3) is 0.600. The van der Waals surface area contributed by atoms with Crippen LogP contribution in [0.15, 0.2) is 12.1 Å². The van der Waals surface area contributed by atoms with Gasteiger partial charge in [0.2, 0.25) is 0 Å². The third kappa shape index (κ3) is 7.76. The van der Waals surface area contributed by atoms with E-state index in [-0.39, 0.29) is 12.4 Å². The molecule has 0 amide bonds. The van der Waals surface area contributed by atoms with Crippen LogP contribution in [0.25, 0.3) is 0 Å². The number of aliphatic hydroxyl groups excluding tert-OH is 1. The maximum Gasteiger partial charge on any atom is 0.0931 e. The number of aliphatic hydroxyl groups is 1. The third-order valence-corrected chi connectivity index (χ3v) is 4.10. The zero-order chi connectivity index (χ0) is 10.9. The Hall–Kier alpha value is 0.550. The molecule has 1 rings (SSSR count). The lowest BCUT2D eigenvalue weighted by atomic mass is 10.4. The molecular weight excluding hydrogens is 285 g/mol. The smallest absolute Gasteiger partial charge is 0.0931 e. The molecule has 1 aromatic heterocycles. The van der Waals surface area contributed by atoms with Gasteiger partial charge in [0.25, 0.3) is 0 Å². The summed E-state index contributed by atoms with van der Waals surface area (Å²) in [7, 11) is 0. The van der Waals surface area contributed by atoms with Crippen LogP contribution >= 0.6 is 47.1 Å². The van der Waals surface area contributed by atoms with Gasteiger partial charge in [0.1, 0.15) is 0 Å². The molecule has 2 N–H and O–H groups in total. The van der Waals surface area contributed by atoms with Crippen LogP contribution in [-0.2, 0) is 6.54 Å². The van der Waals surface area contributed by atoms with Gasteiger partial charge in [-0.1, -0.05) is 11.6 Å². The molecule has 94 valence electrons. The molecule has 0 radical (unpaired) electrons. The lowest BCUT2D eigenvalue weighted by Crippen LogP contribution is -2.15. The molecule has 0 atom stereocenters. The highest BCUT2D eigenvalue weighted by Gasteiger charge is 1.96. The molecule has 0 aliphatic heterocycles. The first-order valence-electron chi connectivity index (χ1n) is 4.96. The van der Waals surface area contributed by atoms with E-state index in [1.54, 1.807) is 11.3 Å². The summed E-state index contributed by atoms with van der Waals surface area (Å²) >= 11 is 9.32. The van der Waals surface area contributed by atoms with Crippen molar-refractivity contribution >= 4 is 47.1 Å². The molecule has 0 fully saturated rings. The summed E-state index contributed by atoms with van der Waals surface area (Å²) in [5, 5.41) is 11.9. The first kappa shape index (κ1) is 16.6. The Bertz CT molecular complexity index is 271. The summed E-state index contributed by atoms with van der Waals surface area (Å²) in [6, 6.07) is 3.98. The zero-order valence-electron chi connectivity index (χ0n) is 8.95. The molecule has 0 aliphatic rings. The SMILES string of the molecule is Cl.OCCCSCCNCc1ccc(Cl)s1. The lowest BCUT2D eigenvalue weighted by molar-refractivity contribution is 0.296. The maximum absolute atomic E-state index is 8.58. The number of hydrogen-bond donors (Lipinski definition) is 2. The standard InChI is InChI=1S/C10H16ClNOS2.ClH/c11-10-3-2-9(15-10)8-12-4-7-14-6-1-5-13;/h2-3,12-13H,1,4-8H2;1H. The summed E-state index contributed by atoms with van der Waals surface area (Å²) < 4.78 is 0.851. The van der Waals surface area contributed by atoms with E-state index in [4.69, 9.17) is 16.7 Å². The van der Waals surface area contributed by atoms with Crippen LogP contribution in [0.2, 0.25) is 4.34 Å². The van der Waals surface area contributed by atoms with Crippen LogP contribution in [-0.4, -0.2) is 29.8 Å². The van der Waals surface area contributed by atoms with Gasteiger partial charge >= 0.3 is 0 Å². The van der Waals surface area contributed by atoms with Crippen LogP contribution in [0.1, 0.15) is 11.3 Å². The highest BCUT2D eigenvalue weighted by atomic mass is 35.5. The van der Waals surface area contributed by atoms with Crippen molar-refractivity contribution in [1.29, 1.82) is 0 Å². The highest BCUT2D eigenvalue weighted by molar-refractivity contribution is 7.99. The first-order chi connectivity index (χ1) is 7.33. The van der Waals surface area contributed by atoms with Crippen molar-refractivity contribution < 1.29 is 5.11 Å².